The van der Waals surface area contributed by atoms with E-state index in [1.54, 1.807) is 18.3 Å². The van der Waals surface area contributed by atoms with E-state index in [1.165, 1.54) is 6.07 Å². The van der Waals surface area contributed by atoms with Crippen LogP contribution in [0.5, 0.6) is 0 Å². The molecule has 0 radical (unpaired) electrons. The van der Waals surface area contributed by atoms with Crippen molar-refractivity contribution in [3.05, 3.63) is 48.4 Å². The number of hydrogen-bond acceptors (Lipinski definition) is 5. The average molecular weight is 324 g/mol. The topological polar surface area (TPSA) is 64.3 Å². The molecule has 6 heteroatoms. The minimum Gasteiger partial charge on any atom is -0.396 e. The lowest BCUT2D eigenvalue weighted by Crippen LogP contribution is -2.36. The molecule has 0 unspecified atom stereocenters. The van der Waals surface area contributed by atoms with Gasteiger partial charge in [0.05, 0.1) is 36.1 Å². The van der Waals surface area contributed by atoms with Gasteiger partial charge in [0.1, 0.15) is 11.6 Å². The molecule has 2 N–H and O–H groups in total. The van der Waals surface area contributed by atoms with Crippen LogP contribution in [0.25, 0.3) is 22.2 Å². The molecular formula is C18H17FN4O. The third-order valence-electron chi connectivity index (χ3n) is 4.20. The van der Waals surface area contributed by atoms with Gasteiger partial charge in [-0.3, -0.25) is 4.98 Å². The minimum absolute atomic E-state index is 0.147. The molecule has 0 spiro atoms. The van der Waals surface area contributed by atoms with Gasteiger partial charge in [-0.15, -0.1) is 0 Å². The Morgan fingerprint density at radius 2 is 1.75 bits per heavy atom. The molecule has 1 aliphatic heterocycles. The molecule has 3 aromatic rings. The molecule has 2 heterocycles. The first-order chi connectivity index (χ1) is 11.7. The van der Waals surface area contributed by atoms with E-state index in [1.807, 2.05) is 18.2 Å². The number of nitrogen functional groups attached to an aromatic ring is 1. The molecule has 1 aromatic heterocycles. The van der Waals surface area contributed by atoms with Crippen molar-refractivity contribution in [2.75, 3.05) is 36.9 Å². The molecule has 0 saturated carbocycles. The number of hydrogen-bond donors (Lipinski definition) is 1. The number of nitrogens with two attached hydrogens (primary N) is 1. The summed E-state index contributed by atoms with van der Waals surface area (Å²) in [7, 11) is 0. The largest absolute Gasteiger partial charge is 0.396 e. The number of nitrogens with zero attached hydrogens (tertiary/aromatic N) is 3. The first kappa shape index (κ1) is 14.8. The van der Waals surface area contributed by atoms with Crippen LogP contribution in [0.15, 0.2) is 42.6 Å². The molecule has 4 rings (SSSR count). The monoisotopic (exact) mass is 324 g/mol. The fourth-order valence-electron chi connectivity index (χ4n) is 2.83. The highest BCUT2D eigenvalue weighted by atomic mass is 19.1. The number of halogens is 1. The Kier molecular flexibility index (Phi) is 3.74. The van der Waals surface area contributed by atoms with Gasteiger partial charge in [0.25, 0.3) is 0 Å². The Morgan fingerprint density at radius 3 is 2.54 bits per heavy atom. The molecule has 2 aromatic carbocycles. The van der Waals surface area contributed by atoms with Crippen molar-refractivity contribution in [3.63, 3.8) is 0 Å². The first-order valence-corrected chi connectivity index (χ1v) is 7.85. The van der Waals surface area contributed by atoms with Crippen molar-refractivity contribution < 1.29 is 9.13 Å². The smallest absolute Gasteiger partial charge is 0.148 e. The minimum atomic E-state index is -0.416. The summed E-state index contributed by atoms with van der Waals surface area (Å²) >= 11 is 0. The SMILES string of the molecule is Nc1ccc(-c2ccc3ncc(N4CCOCC4)nc3c2)cc1F. The van der Waals surface area contributed by atoms with Crippen molar-refractivity contribution in [3.8, 4) is 11.1 Å². The summed E-state index contributed by atoms with van der Waals surface area (Å²) in [5, 5.41) is 0. The van der Waals surface area contributed by atoms with E-state index in [-0.39, 0.29) is 5.69 Å². The highest BCUT2D eigenvalue weighted by molar-refractivity contribution is 5.82. The lowest BCUT2D eigenvalue weighted by Gasteiger charge is -2.27. The van der Waals surface area contributed by atoms with Gasteiger partial charge in [-0.2, -0.15) is 0 Å². The van der Waals surface area contributed by atoms with Crippen LogP contribution in [-0.4, -0.2) is 36.3 Å². The number of aromatic nitrogens is 2. The molecule has 0 bridgehead atoms. The Labute approximate surface area is 138 Å². The zero-order valence-electron chi connectivity index (χ0n) is 13.1. The van der Waals surface area contributed by atoms with Crippen molar-refractivity contribution in [1.29, 1.82) is 0 Å². The van der Waals surface area contributed by atoms with E-state index in [2.05, 4.69) is 9.88 Å². The fraction of sp³-hybridized carbons (Fsp3) is 0.222. The number of ether oxygens (including phenoxy) is 1. The van der Waals surface area contributed by atoms with Crippen molar-refractivity contribution in [2.24, 2.45) is 0 Å². The molecule has 1 aliphatic rings. The molecule has 1 saturated heterocycles. The van der Waals surface area contributed by atoms with Crippen LogP contribution in [0.3, 0.4) is 0 Å². The van der Waals surface area contributed by atoms with E-state index >= 15 is 0 Å². The number of fused-ring (bicyclic) bond motifs is 1. The van der Waals surface area contributed by atoms with Crippen molar-refractivity contribution >= 4 is 22.5 Å². The highest BCUT2D eigenvalue weighted by Gasteiger charge is 2.13. The summed E-state index contributed by atoms with van der Waals surface area (Å²) in [6.07, 6.45) is 1.79. The maximum atomic E-state index is 13.7. The molecule has 5 nitrogen and oxygen atoms in total. The Bertz CT molecular complexity index is 893. The van der Waals surface area contributed by atoms with Gasteiger partial charge in [-0.1, -0.05) is 12.1 Å². The van der Waals surface area contributed by atoms with Crippen LogP contribution in [0.4, 0.5) is 15.9 Å². The highest BCUT2D eigenvalue weighted by Crippen LogP contribution is 2.26. The summed E-state index contributed by atoms with van der Waals surface area (Å²) in [5.41, 5.74) is 8.94. The van der Waals surface area contributed by atoms with Crippen LogP contribution < -0.4 is 10.6 Å². The normalized spacial score (nSPS) is 15.0. The van der Waals surface area contributed by atoms with Gasteiger partial charge >= 0.3 is 0 Å². The molecule has 24 heavy (non-hydrogen) atoms. The first-order valence-electron chi connectivity index (χ1n) is 7.85. The fourth-order valence-corrected chi connectivity index (χ4v) is 2.83. The van der Waals surface area contributed by atoms with Crippen LogP contribution >= 0.6 is 0 Å². The summed E-state index contributed by atoms with van der Waals surface area (Å²) in [6, 6.07) is 10.6. The van der Waals surface area contributed by atoms with Gasteiger partial charge < -0.3 is 15.4 Å². The number of anilines is 2. The summed E-state index contributed by atoms with van der Waals surface area (Å²) < 4.78 is 19.1. The number of benzene rings is 2. The second kappa shape index (κ2) is 6.05. The van der Waals surface area contributed by atoms with Gasteiger partial charge in [0, 0.05) is 13.1 Å². The van der Waals surface area contributed by atoms with Crippen LogP contribution in [0.2, 0.25) is 0 Å². The average Bonchev–Trinajstić information content (AvgIpc) is 2.64. The number of morpholine rings is 1. The van der Waals surface area contributed by atoms with Gasteiger partial charge in [0.15, 0.2) is 0 Å². The Balaban J connectivity index is 1.74. The summed E-state index contributed by atoms with van der Waals surface area (Å²) in [4.78, 5) is 11.4. The second-order valence-corrected chi connectivity index (χ2v) is 5.77. The zero-order valence-corrected chi connectivity index (χ0v) is 13.1. The van der Waals surface area contributed by atoms with Crippen LogP contribution in [0.1, 0.15) is 0 Å². The molecule has 1 fully saturated rings. The third kappa shape index (κ3) is 2.76. The van der Waals surface area contributed by atoms with E-state index in [0.717, 1.165) is 41.1 Å². The predicted octanol–water partition coefficient (Wildman–Crippen LogP) is 2.85. The zero-order chi connectivity index (χ0) is 16.5. The van der Waals surface area contributed by atoms with E-state index in [9.17, 15) is 4.39 Å². The second-order valence-electron chi connectivity index (χ2n) is 5.77. The van der Waals surface area contributed by atoms with E-state index in [4.69, 9.17) is 15.5 Å². The third-order valence-corrected chi connectivity index (χ3v) is 4.20. The molecule has 0 amide bonds. The lowest BCUT2D eigenvalue weighted by molar-refractivity contribution is 0.122. The standard InChI is InChI=1S/C18H17FN4O/c19-14-9-12(1-3-15(14)20)13-2-4-16-17(10-13)22-18(11-21-16)23-5-7-24-8-6-23/h1-4,9-11H,5-8,20H2. The predicted molar refractivity (Wildman–Crippen MR) is 92.4 cm³/mol. The van der Waals surface area contributed by atoms with Crippen LogP contribution in [0, 0.1) is 5.82 Å². The molecule has 122 valence electrons. The Hall–Kier alpha value is -2.73. The number of rotatable bonds is 2. The summed E-state index contributed by atoms with van der Waals surface area (Å²) in [5.74, 6) is 0.423. The van der Waals surface area contributed by atoms with E-state index < -0.39 is 5.82 Å². The lowest BCUT2D eigenvalue weighted by atomic mass is 10.0. The van der Waals surface area contributed by atoms with Gasteiger partial charge in [-0.25, -0.2) is 9.37 Å². The molecular weight excluding hydrogens is 307 g/mol. The van der Waals surface area contributed by atoms with Crippen molar-refractivity contribution in [2.45, 2.75) is 0 Å². The quantitative estimate of drug-likeness (QED) is 0.734. The van der Waals surface area contributed by atoms with Crippen molar-refractivity contribution in [1.82, 2.24) is 9.97 Å². The summed E-state index contributed by atoms with van der Waals surface area (Å²) in [6.45, 7) is 3.01. The Morgan fingerprint density at radius 1 is 1.00 bits per heavy atom. The van der Waals surface area contributed by atoms with Crippen LogP contribution in [-0.2, 0) is 4.74 Å². The maximum absolute atomic E-state index is 13.7. The molecule has 0 aliphatic carbocycles. The van der Waals surface area contributed by atoms with E-state index in [0.29, 0.717) is 13.2 Å². The maximum Gasteiger partial charge on any atom is 0.148 e. The van der Waals surface area contributed by atoms with Gasteiger partial charge in [-0.05, 0) is 35.4 Å². The van der Waals surface area contributed by atoms with Gasteiger partial charge in [0.2, 0.25) is 0 Å². The molecule has 0 atom stereocenters.